The highest BCUT2D eigenvalue weighted by molar-refractivity contribution is 6.04. The summed E-state index contributed by atoms with van der Waals surface area (Å²) in [5, 5.41) is 2.76. The quantitative estimate of drug-likeness (QED) is 0.562. The van der Waals surface area contributed by atoms with E-state index in [4.69, 9.17) is 9.47 Å². The average Bonchev–Trinajstić information content (AvgIpc) is 2.71. The van der Waals surface area contributed by atoms with E-state index in [0.29, 0.717) is 23.6 Å². The fraction of sp³-hybridized carbons (Fsp3) is 0.208. The maximum Gasteiger partial charge on any atom is 0.255 e. The largest absolute Gasteiger partial charge is 0.493 e. The minimum absolute atomic E-state index is 0.273. The summed E-state index contributed by atoms with van der Waals surface area (Å²) < 4.78 is 24.7. The first-order chi connectivity index (χ1) is 14.0. The second-order valence-corrected chi connectivity index (χ2v) is 6.75. The van der Waals surface area contributed by atoms with Gasteiger partial charge in [-0.25, -0.2) is 4.39 Å². The van der Waals surface area contributed by atoms with E-state index in [1.54, 1.807) is 18.2 Å². The Kier molecular flexibility index (Phi) is 6.50. The zero-order valence-electron chi connectivity index (χ0n) is 16.8. The zero-order chi connectivity index (χ0) is 20.8. The number of carbonyl (C=O) groups excluding carboxylic acids is 1. The van der Waals surface area contributed by atoms with Crippen LogP contribution in [0.25, 0.3) is 0 Å². The second kappa shape index (κ2) is 9.24. The first-order valence-electron chi connectivity index (χ1n) is 9.49. The third-order valence-corrected chi connectivity index (χ3v) is 4.60. The highest BCUT2D eigenvalue weighted by Gasteiger charge is 2.12. The molecule has 0 fully saturated rings. The lowest BCUT2D eigenvalue weighted by atomic mass is 10.1. The van der Waals surface area contributed by atoms with Gasteiger partial charge in [-0.3, -0.25) is 4.79 Å². The zero-order valence-corrected chi connectivity index (χ0v) is 16.8. The molecule has 0 aliphatic carbocycles. The molecule has 0 atom stereocenters. The van der Waals surface area contributed by atoms with E-state index in [0.717, 1.165) is 16.9 Å². The standard InChI is InChI=1S/C24H24FNO3/c1-4-28-23-12-6-18(24(27)26-21-9-7-20(25)8-10-21)14-19(23)15-29-22-11-5-16(2)17(3)13-22/h5-14H,4,15H2,1-3H3,(H,26,27). The number of anilines is 1. The molecule has 0 saturated heterocycles. The Morgan fingerprint density at radius 3 is 2.38 bits per heavy atom. The van der Waals surface area contributed by atoms with E-state index >= 15 is 0 Å². The number of hydrogen-bond acceptors (Lipinski definition) is 3. The molecule has 5 heteroatoms. The number of hydrogen-bond donors (Lipinski definition) is 1. The molecule has 150 valence electrons. The third kappa shape index (κ3) is 5.35. The molecule has 29 heavy (non-hydrogen) atoms. The van der Waals surface area contributed by atoms with Gasteiger partial charge in [0.1, 0.15) is 23.9 Å². The molecule has 0 radical (unpaired) electrons. The molecule has 4 nitrogen and oxygen atoms in total. The van der Waals surface area contributed by atoms with Crippen molar-refractivity contribution in [3.63, 3.8) is 0 Å². The molecule has 3 aromatic carbocycles. The summed E-state index contributed by atoms with van der Waals surface area (Å²) in [4.78, 5) is 12.6. The number of amides is 1. The fourth-order valence-electron chi connectivity index (χ4n) is 2.83. The molecule has 3 aromatic rings. The van der Waals surface area contributed by atoms with E-state index in [9.17, 15) is 9.18 Å². The summed E-state index contributed by atoms with van der Waals surface area (Å²) in [6.07, 6.45) is 0. The number of aryl methyl sites for hydroxylation is 2. The lowest BCUT2D eigenvalue weighted by Crippen LogP contribution is -2.13. The molecule has 1 N–H and O–H groups in total. The maximum absolute atomic E-state index is 13.0. The Balaban J connectivity index is 1.78. The van der Waals surface area contributed by atoms with Crippen LogP contribution in [0.4, 0.5) is 10.1 Å². The molecule has 0 bridgehead atoms. The van der Waals surface area contributed by atoms with Gasteiger partial charge in [-0.05, 0) is 86.5 Å². The Bertz CT molecular complexity index is 1000. The SMILES string of the molecule is CCOc1ccc(C(=O)Nc2ccc(F)cc2)cc1COc1ccc(C)c(C)c1. The summed E-state index contributed by atoms with van der Waals surface area (Å²) in [6.45, 7) is 6.78. The van der Waals surface area contributed by atoms with Crippen molar-refractivity contribution in [1.29, 1.82) is 0 Å². The summed E-state index contributed by atoms with van der Waals surface area (Å²) in [7, 11) is 0. The summed E-state index contributed by atoms with van der Waals surface area (Å²) in [5.41, 5.74) is 4.12. The van der Waals surface area contributed by atoms with Gasteiger partial charge in [0.05, 0.1) is 6.61 Å². The summed E-state index contributed by atoms with van der Waals surface area (Å²) in [6, 6.07) is 16.8. The van der Waals surface area contributed by atoms with Gasteiger partial charge in [-0.15, -0.1) is 0 Å². The van der Waals surface area contributed by atoms with Crippen LogP contribution >= 0.6 is 0 Å². The molecular weight excluding hydrogens is 369 g/mol. The van der Waals surface area contributed by atoms with Crippen LogP contribution in [0, 0.1) is 19.7 Å². The Morgan fingerprint density at radius 2 is 1.69 bits per heavy atom. The van der Waals surface area contributed by atoms with Crippen LogP contribution in [0.3, 0.4) is 0 Å². The van der Waals surface area contributed by atoms with Gasteiger partial charge in [0.25, 0.3) is 5.91 Å². The van der Waals surface area contributed by atoms with E-state index in [2.05, 4.69) is 12.2 Å². The van der Waals surface area contributed by atoms with E-state index in [1.165, 1.54) is 29.8 Å². The Morgan fingerprint density at radius 1 is 0.931 bits per heavy atom. The minimum Gasteiger partial charge on any atom is -0.493 e. The van der Waals surface area contributed by atoms with Crippen LogP contribution in [0.2, 0.25) is 0 Å². The van der Waals surface area contributed by atoms with Gasteiger partial charge in [-0.1, -0.05) is 6.07 Å². The molecule has 0 heterocycles. The van der Waals surface area contributed by atoms with Crippen molar-refractivity contribution < 1.29 is 18.7 Å². The van der Waals surface area contributed by atoms with Crippen LogP contribution in [-0.4, -0.2) is 12.5 Å². The van der Waals surface area contributed by atoms with E-state index < -0.39 is 0 Å². The Hall–Kier alpha value is -3.34. The fourth-order valence-corrected chi connectivity index (χ4v) is 2.83. The van der Waals surface area contributed by atoms with Crippen molar-refractivity contribution in [2.24, 2.45) is 0 Å². The number of rotatable bonds is 7. The van der Waals surface area contributed by atoms with Crippen molar-refractivity contribution >= 4 is 11.6 Å². The highest BCUT2D eigenvalue weighted by Crippen LogP contribution is 2.24. The molecule has 0 aromatic heterocycles. The van der Waals surface area contributed by atoms with Crippen molar-refractivity contribution in [2.45, 2.75) is 27.4 Å². The van der Waals surface area contributed by atoms with Crippen LogP contribution in [0.1, 0.15) is 34.0 Å². The third-order valence-electron chi connectivity index (χ3n) is 4.60. The van der Waals surface area contributed by atoms with Gasteiger partial charge in [0.15, 0.2) is 0 Å². The van der Waals surface area contributed by atoms with Crippen LogP contribution in [0.15, 0.2) is 60.7 Å². The topological polar surface area (TPSA) is 47.6 Å². The van der Waals surface area contributed by atoms with Crippen LogP contribution < -0.4 is 14.8 Å². The van der Waals surface area contributed by atoms with E-state index in [-0.39, 0.29) is 18.3 Å². The van der Waals surface area contributed by atoms with Gasteiger partial charge in [-0.2, -0.15) is 0 Å². The van der Waals surface area contributed by atoms with Crippen LogP contribution in [-0.2, 0) is 6.61 Å². The Labute approximate surface area is 170 Å². The predicted octanol–water partition coefficient (Wildman–Crippen LogP) is 5.67. The number of ether oxygens (including phenoxy) is 2. The average molecular weight is 393 g/mol. The monoisotopic (exact) mass is 393 g/mol. The smallest absolute Gasteiger partial charge is 0.255 e. The van der Waals surface area contributed by atoms with Gasteiger partial charge in [0, 0.05) is 16.8 Å². The maximum atomic E-state index is 13.0. The summed E-state index contributed by atoms with van der Waals surface area (Å²) in [5.74, 6) is 0.799. The second-order valence-electron chi connectivity index (χ2n) is 6.75. The first-order valence-corrected chi connectivity index (χ1v) is 9.49. The highest BCUT2D eigenvalue weighted by atomic mass is 19.1. The van der Waals surface area contributed by atoms with Crippen LogP contribution in [0.5, 0.6) is 11.5 Å². The number of nitrogens with one attached hydrogen (secondary N) is 1. The van der Waals surface area contributed by atoms with Gasteiger partial charge < -0.3 is 14.8 Å². The van der Waals surface area contributed by atoms with Gasteiger partial charge in [0.2, 0.25) is 0 Å². The van der Waals surface area contributed by atoms with Crippen molar-refractivity contribution in [2.75, 3.05) is 11.9 Å². The lowest BCUT2D eigenvalue weighted by Gasteiger charge is -2.14. The molecule has 3 rings (SSSR count). The molecule has 0 saturated carbocycles. The molecule has 1 amide bonds. The molecule has 0 unspecified atom stereocenters. The molecular formula is C24H24FNO3. The molecule has 0 spiro atoms. The minimum atomic E-state index is -0.352. The lowest BCUT2D eigenvalue weighted by molar-refractivity contribution is 0.102. The van der Waals surface area contributed by atoms with Crippen molar-refractivity contribution in [3.05, 3.63) is 88.7 Å². The number of carbonyl (C=O) groups is 1. The number of benzene rings is 3. The first kappa shape index (κ1) is 20.4. The molecule has 0 aliphatic heterocycles. The normalized spacial score (nSPS) is 10.5. The van der Waals surface area contributed by atoms with Crippen molar-refractivity contribution in [3.8, 4) is 11.5 Å². The predicted molar refractivity (Wildman–Crippen MR) is 112 cm³/mol. The molecule has 0 aliphatic rings. The van der Waals surface area contributed by atoms with Gasteiger partial charge >= 0.3 is 0 Å². The van der Waals surface area contributed by atoms with Crippen molar-refractivity contribution in [1.82, 2.24) is 0 Å². The van der Waals surface area contributed by atoms with E-state index in [1.807, 2.05) is 32.0 Å². The number of halogens is 1. The summed E-state index contributed by atoms with van der Waals surface area (Å²) >= 11 is 0.